The fourth-order valence-electron chi connectivity index (χ4n) is 1.34. The van der Waals surface area contributed by atoms with Gasteiger partial charge in [0.05, 0.1) is 12.2 Å². The van der Waals surface area contributed by atoms with Gasteiger partial charge in [-0.3, -0.25) is 4.79 Å². The maximum absolute atomic E-state index is 11.3. The maximum Gasteiger partial charge on any atom is 0.237 e. The van der Waals surface area contributed by atoms with Crippen LogP contribution in [0, 0.1) is 17.2 Å². The first-order valence-electron chi connectivity index (χ1n) is 4.55. The molecule has 2 N–H and O–H groups in total. The van der Waals surface area contributed by atoms with Crippen molar-refractivity contribution in [2.75, 3.05) is 0 Å². The normalized spacial score (nSPS) is 28.4. The number of amides is 1. The lowest BCUT2D eigenvalue weighted by Gasteiger charge is -2.32. The van der Waals surface area contributed by atoms with Crippen LogP contribution in [-0.2, 0) is 4.79 Å². The van der Waals surface area contributed by atoms with Crippen LogP contribution in [0.1, 0.15) is 26.2 Å². The van der Waals surface area contributed by atoms with E-state index >= 15 is 0 Å². The highest BCUT2D eigenvalue weighted by atomic mass is 16.3. The minimum Gasteiger partial charge on any atom is -0.393 e. The second-order valence-electron chi connectivity index (χ2n) is 3.42. The van der Waals surface area contributed by atoms with Crippen LogP contribution in [0.15, 0.2) is 0 Å². The van der Waals surface area contributed by atoms with Gasteiger partial charge in [-0.25, -0.2) is 0 Å². The second-order valence-corrected chi connectivity index (χ2v) is 3.42. The van der Waals surface area contributed by atoms with Gasteiger partial charge in [0.2, 0.25) is 5.91 Å². The summed E-state index contributed by atoms with van der Waals surface area (Å²) in [4.78, 5) is 11.3. The van der Waals surface area contributed by atoms with Crippen LogP contribution < -0.4 is 5.32 Å². The van der Waals surface area contributed by atoms with Crippen molar-refractivity contribution in [3.63, 3.8) is 0 Å². The molecule has 0 aliphatic heterocycles. The Balaban J connectivity index is 2.29. The molecule has 72 valence electrons. The van der Waals surface area contributed by atoms with Gasteiger partial charge in [-0.05, 0) is 19.3 Å². The Morgan fingerprint density at radius 3 is 2.77 bits per heavy atom. The number of carbonyl (C=O) groups excluding carboxylic acids is 1. The second kappa shape index (κ2) is 4.24. The van der Waals surface area contributed by atoms with Crippen LogP contribution in [0.5, 0.6) is 0 Å². The number of nitriles is 1. The Morgan fingerprint density at radius 1 is 1.77 bits per heavy atom. The molecule has 1 fully saturated rings. The molecule has 13 heavy (non-hydrogen) atoms. The van der Waals surface area contributed by atoms with E-state index in [-0.39, 0.29) is 18.1 Å². The van der Waals surface area contributed by atoms with Gasteiger partial charge in [0, 0.05) is 6.04 Å². The van der Waals surface area contributed by atoms with Crippen molar-refractivity contribution in [2.24, 2.45) is 5.92 Å². The predicted octanol–water partition coefficient (Wildman–Crippen LogP) is 0.176. The summed E-state index contributed by atoms with van der Waals surface area (Å²) in [7, 11) is 0. The molecular formula is C9H14N2O2. The summed E-state index contributed by atoms with van der Waals surface area (Å²) in [6.45, 7) is 1.81. The molecule has 1 aliphatic rings. The van der Waals surface area contributed by atoms with Crippen LogP contribution in [0.25, 0.3) is 0 Å². The van der Waals surface area contributed by atoms with Crippen molar-refractivity contribution in [1.29, 1.82) is 5.26 Å². The summed E-state index contributed by atoms with van der Waals surface area (Å²) in [5.41, 5.74) is 0. The van der Waals surface area contributed by atoms with Crippen molar-refractivity contribution in [3.05, 3.63) is 0 Å². The standard InChI is InChI=1S/C9H14N2O2/c1-2-6(5-10)9(13)11-7-3-8(12)4-7/h6-8,12H,2-4H2,1H3,(H,11,13). The van der Waals surface area contributed by atoms with Crippen molar-refractivity contribution >= 4 is 5.91 Å². The van der Waals surface area contributed by atoms with Gasteiger partial charge in [-0.1, -0.05) is 6.92 Å². The van der Waals surface area contributed by atoms with Gasteiger partial charge >= 0.3 is 0 Å². The number of rotatable bonds is 3. The van der Waals surface area contributed by atoms with Gasteiger partial charge < -0.3 is 10.4 Å². The van der Waals surface area contributed by atoms with Gasteiger partial charge in [0.25, 0.3) is 0 Å². The molecule has 0 bridgehead atoms. The lowest BCUT2D eigenvalue weighted by Crippen LogP contribution is -2.48. The molecule has 1 amide bonds. The van der Waals surface area contributed by atoms with E-state index in [1.54, 1.807) is 0 Å². The number of nitrogens with one attached hydrogen (secondary N) is 1. The quantitative estimate of drug-likeness (QED) is 0.653. The molecule has 0 saturated heterocycles. The van der Waals surface area contributed by atoms with Gasteiger partial charge in [-0.15, -0.1) is 0 Å². The first-order valence-corrected chi connectivity index (χ1v) is 4.55. The number of hydrogen-bond donors (Lipinski definition) is 2. The van der Waals surface area contributed by atoms with Gasteiger partial charge in [0.1, 0.15) is 5.92 Å². The smallest absolute Gasteiger partial charge is 0.237 e. The molecule has 4 nitrogen and oxygen atoms in total. The predicted molar refractivity (Wildman–Crippen MR) is 46.6 cm³/mol. The van der Waals surface area contributed by atoms with Gasteiger partial charge in [-0.2, -0.15) is 5.26 Å². The summed E-state index contributed by atoms with van der Waals surface area (Å²) in [6.07, 6.45) is 1.51. The van der Waals surface area contributed by atoms with E-state index in [2.05, 4.69) is 5.32 Å². The molecule has 1 unspecified atom stereocenters. The zero-order valence-electron chi connectivity index (χ0n) is 7.66. The molecule has 0 radical (unpaired) electrons. The summed E-state index contributed by atoms with van der Waals surface area (Å²) in [5, 5.41) is 20.3. The summed E-state index contributed by atoms with van der Waals surface area (Å²) in [5.74, 6) is -0.750. The first kappa shape index (κ1) is 10.0. The molecule has 0 heterocycles. The van der Waals surface area contributed by atoms with Crippen LogP contribution in [0.3, 0.4) is 0 Å². The molecule has 4 heteroatoms. The van der Waals surface area contributed by atoms with Crippen molar-refractivity contribution in [2.45, 2.75) is 38.3 Å². The van der Waals surface area contributed by atoms with E-state index in [9.17, 15) is 4.79 Å². The third kappa shape index (κ3) is 2.43. The van der Waals surface area contributed by atoms with E-state index < -0.39 is 5.92 Å². The molecule has 1 saturated carbocycles. The Labute approximate surface area is 77.6 Å². The summed E-state index contributed by atoms with van der Waals surface area (Å²) < 4.78 is 0. The fraction of sp³-hybridized carbons (Fsp3) is 0.778. The Morgan fingerprint density at radius 2 is 2.38 bits per heavy atom. The highest BCUT2D eigenvalue weighted by Gasteiger charge is 2.29. The lowest BCUT2D eigenvalue weighted by molar-refractivity contribution is -0.125. The lowest BCUT2D eigenvalue weighted by atomic mass is 9.89. The van der Waals surface area contributed by atoms with E-state index in [4.69, 9.17) is 10.4 Å². The number of hydrogen-bond acceptors (Lipinski definition) is 3. The summed E-state index contributed by atoms with van der Waals surface area (Å²) >= 11 is 0. The maximum atomic E-state index is 11.3. The summed E-state index contributed by atoms with van der Waals surface area (Å²) in [6, 6.07) is 2.02. The Bertz CT molecular complexity index is 228. The van der Waals surface area contributed by atoms with E-state index in [1.807, 2.05) is 13.0 Å². The third-order valence-electron chi connectivity index (χ3n) is 2.34. The van der Waals surface area contributed by atoms with Crippen molar-refractivity contribution in [3.8, 4) is 6.07 Å². The van der Waals surface area contributed by atoms with Crippen molar-refractivity contribution in [1.82, 2.24) is 5.32 Å². The largest absolute Gasteiger partial charge is 0.393 e. The molecule has 0 aromatic heterocycles. The first-order chi connectivity index (χ1) is 6.17. The Hall–Kier alpha value is -1.08. The molecule has 1 atom stereocenters. The third-order valence-corrected chi connectivity index (χ3v) is 2.34. The minimum absolute atomic E-state index is 0.0740. The highest BCUT2D eigenvalue weighted by molar-refractivity contribution is 5.81. The van der Waals surface area contributed by atoms with E-state index in [1.165, 1.54) is 0 Å². The zero-order valence-corrected chi connectivity index (χ0v) is 7.66. The topological polar surface area (TPSA) is 73.1 Å². The molecular weight excluding hydrogens is 168 g/mol. The monoisotopic (exact) mass is 182 g/mol. The molecule has 1 rings (SSSR count). The fourth-order valence-corrected chi connectivity index (χ4v) is 1.34. The number of carbonyl (C=O) groups is 1. The molecule has 1 aliphatic carbocycles. The zero-order chi connectivity index (χ0) is 9.84. The van der Waals surface area contributed by atoms with Crippen LogP contribution in [0.2, 0.25) is 0 Å². The number of aliphatic hydroxyl groups excluding tert-OH is 1. The van der Waals surface area contributed by atoms with Gasteiger partial charge in [0.15, 0.2) is 0 Å². The minimum atomic E-state index is -0.544. The molecule has 0 spiro atoms. The van der Waals surface area contributed by atoms with Crippen LogP contribution in [-0.4, -0.2) is 23.2 Å². The number of nitrogens with zero attached hydrogens (tertiary/aromatic N) is 1. The number of aliphatic hydroxyl groups is 1. The average Bonchev–Trinajstić information content (AvgIpc) is 2.04. The molecule has 0 aromatic carbocycles. The van der Waals surface area contributed by atoms with Crippen LogP contribution >= 0.6 is 0 Å². The SMILES string of the molecule is CCC(C#N)C(=O)NC1CC(O)C1. The average molecular weight is 182 g/mol. The highest BCUT2D eigenvalue weighted by Crippen LogP contribution is 2.19. The van der Waals surface area contributed by atoms with E-state index in [0.29, 0.717) is 19.3 Å². The Kier molecular flexibility index (Phi) is 3.26. The van der Waals surface area contributed by atoms with Crippen LogP contribution in [0.4, 0.5) is 0 Å². The molecule has 0 aromatic rings. The van der Waals surface area contributed by atoms with Crippen molar-refractivity contribution < 1.29 is 9.90 Å². The van der Waals surface area contributed by atoms with E-state index in [0.717, 1.165) is 0 Å².